The monoisotopic (exact) mass is 350 g/mol. The molecule has 2 amide bonds. The number of nitrogens with one attached hydrogen (secondary N) is 2. The third kappa shape index (κ3) is 4.36. The minimum Gasteiger partial charge on any atom is -0.466 e. The fourth-order valence-electron chi connectivity index (χ4n) is 2.12. The van der Waals surface area contributed by atoms with Crippen molar-refractivity contribution in [3.63, 3.8) is 0 Å². The number of hydrogen-bond acceptors (Lipinski definition) is 2. The lowest BCUT2D eigenvalue weighted by molar-refractivity contribution is 0.237. The molecule has 1 heterocycles. The second-order valence-electron chi connectivity index (χ2n) is 5.04. The van der Waals surface area contributed by atoms with E-state index in [-0.39, 0.29) is 12.1 Å². The van der Waals surface area contributed by atoms with Gasteiger partial charge in [-0.15, -0.1) is 0 Å². The van der Waals surface area contributed by atoms with Crippen molar-refractivity contribution in [3.05, 3.63) is 57.5 Å². The van der Waals surface area contributed by atoms with Crippen molar-refractivity contribution in [1.82, 2.24) is 10.6 Å². The fourth-order valence-corrected chi connectivity index (χ4v) is 2.38. The molecule has 0 spiro atoms. The Balaban J connectivity index is 1.86. The molecule has 0 aliphatic heterocycles. The Labute approximate surface area is 133 Å². The zero-order valence-electron chi connectivity index (χ0n) is 12.4. The van der Waals surface area contributed by atoms with E-state index in [1.807, 2.05) is 51.1 Å². The Bertz CT molecular complexity index is 620. The third-order valence-electron chi connectivity index (χ3n) is 3.30. The highest BCUT2D eigenvalue weighted by Crippen LogP contribution is 2.16. The first-order chi connectivity index (χ1) is 9.95. The Hall–Kier alpha value is -1.75. The van der Waals surface area contributed by atoms with Crippen LogP contribution in [0.3, 0.4) is 0 Å². The molecular formula is C16H19BrN2O2. The summed E-state index contributed by atoms with van der Waals surface area (Å²) in [7, 11) is 0. The van der Waals surface area contributed by atoms with Gasteiger partial charge in [0.15, 0.2) is 0 Å². The first kappa shape index (κ1) is 15.6. The quantitative estimate of drug-likeness (QED) is 0.867. The van der Waals surface area contributed by atoms with E-state index >= 15 is 0 Å². The lowest BCUT2D eigenvalue weighted by atomic mass is 10.1. The molecule has 1 aromatic heterocycles. The molecule has 0 aliphatic rings. The fraction of sp³-hybridized carbons (Fsp3) is 0.312. The summed E-state index contributed by atoms with van der Waals surface area (Å²) in [5.74, 6) is 1.70. The number of hydrogen-bond donors (Lipinski definition) is 2. The van der Waals surface area contributed by atoms with Gasteiger partial charge in [-0.25, -0.2) is 4.79 Å². The minimum absolute atomic E-state index is 0.0507. The average Bonchev–Trinajstić information content (AvgIpc) is 2.75. The van der Waals surface area contributed by atoms with Crippen molar-refractivity contribution in [2.75, 3.05) is 0 Å². The number of benzene rings is 1. The number of furan rings is 1. The van der Waals surface area contributed by atoms with Crippen molar-refractivity contribution >= 4 is 22.0 Å². The minimum atomic E-state index is -0.191. The second-order valence-corrected chi connectivity index (χ2v) is 5.95. The van der Waals surface area contributed by atoms with Crippen LogP contribution in [0, 0.1) is 13.8 Å². The average molecular weight is 351 g/mol. The largest absolute Gasteiger partial charge is 0.466 e. The van der Waals surface area contributed by atoms with Crippen LogP contribution in [0.25, 0.3) is 0 Å². The van der Waals surface area contributed by atoms with E-state index in [0.29, 0.717) is 6.54 Å². The van der Waals surface area contributed by atoms with Crippen LogP contribution < -0.4 is 10.6 Å². The highest BCUT2D eigenvalue weighted by Gasteiger charge is 2.10. The van der Waals surface area contributed by atoms with Gasteiger partial charge in [0.25, 0.3) is 0 Å². The first-order valence-corrected chi connectivity index (χ1v) is 7.60. The van der Waals surface area contributed by atoms with E-state index in [0.717, 1.165) is 27.1 Å². The Kier molecular flexibility index (Phi) is 5.07. The van der Waals surface area contributed by atoms with E-state index in [2.05, 4.69) is 26.6 Å². The van der Waals surface area contributed by atoms with Gasteiger partial charge in [-0.3, -0.25) is 0 Å². The number of urea groups is 1. The first-order valence-electron chi connectivity index (χ1n) is 6.81. The zero-order valence-corrected chi connectivity index (χ0v) is 14.0. The molecule has 2 rings (SSSR count). The Morgan fingerprint density at radius 1 is 1.29 bits per heavy atom. The maximum Gasteiger partial charge on any atom is 0.315 e. The standard InChI is InChI=1S/C16H19BrN2O2/c1-10-8-14(12(3)21-10)9-18-16(20)19-11(2)13-4-6-15(17)7-5-13/h4-8,11H,9H2,1-3H3,(H2,18,19,20). The molecule has 2 N–H and O–H groups in total. The molecule has 1 aromatic carbocycles. The molecule has 4 nitrogen and oxygen atoms in total. The summed E-state index contributed by atoms with van der Waals surface area (Å²) in [5, 5.41) is 5.76. The van der Waals surface area contributed by atoms with Gasteiger partial charge in [0.1, 0.15) is 11.5 Å². The third-order valence-corrected chi connectivity index (χ3v) is 3.83. The lowest BCUT2D eigenvalue weighted by Crippen LogP contribution is -2.36. The Morgan fingerprint density at radius 2 is 1.95 bits per heavy atom. The summed E-state index contributed by atoms with van der Waals surface area (Å²) in [6.45, 7) is 6.21. The molecule has 1 atom stereocenters. The smallest absolute Gasteiger partial charge is 0.315 e. The van der Waals surface area contributed by atoms with Crippen LogP contribution in [-0.2, 0) is 6.54 Å². The Morgan fingerprint density at radius 3 is 2.52 bits per heavy atom. The molecular weight excluding hydrogens is 332 g/mol. The van der Waals surface area contributed by atoms with Gasteiger partial charge in [0, 0.05) is 16.6 Å². The number of aryl methyl sites for hydroxylation is 2. The number of amides is 2. The summed E-state index contributed by atoms with van der Waals surface area (Å²) >= 11 is 3.40. The van der Waals surface area contributed by atoms with Gasteiger partial charge in [0.2, 0.25) is 0 Å². The molecule has 112 valence electrons. The van der Waals surface area contributed by atoms with E-state index in [1.54, 1.807) is 0 Å². The van der Waals surface area contributed by atoms with Crippen molar-refractivity contribution in [1.29, 1.82) is 0 Å². The normalized spacial score (nSPS) is 12.0. The zero-order chi connectivity index (χ0) is 15.4. The molecule has 21 heavy (non-hydrogen) atoms. The van der Waals surface area contributed by atoms with E-state index in [9.17, 15) is 4.79 Å². The van der Waals surface area contributed by atoms with Crippen LogP contribution in [0.1, 0.15) is 35.6 Å². The topological polar surface area (TPSA) is 54.3 Å². The van der Waals surface area contributed by atoms with E-state index in [1.165, 1.54) is 0 Å². The van der Waals surface area contributed by atoms with Gasteiger partial charge in [-0.05, 0) is 44.5 Å². The molecule has 0 fully saturated rings. The van der Waals surface area contributed by atoms with Crippen LogP contribution in [0.4, 0.5) is 4.79 Å². The lowest BCUT2D eigenvalue weighted by Gasteiger charge is -2.15. The maximum atomic E-state index is 11.9. The van der Waals surface area contributed by atoms with Gasteiger partial charge in [-0.2, -0.15) is 0 Å². The molecule has 0 radical (unpaired) electrons. The predicted octanol–water partition coefficient (Wildman–Crippen LogP) is 4.22. The summed E-state index contributed by atoms with van der Waals surface area (Å²) in [4.78, 5) is 11.9. The van der Waals surface area contributed by atoms with Crippen LogP contribution in [0.15, 0.2) is 39.2 Å². The summed E-state index contributed by atoms with van der Waals surface area (Å²) in [5.41, 5.74) is 2.06. The van der Waals surface area contributed by atoms with Crippen LogP contribution in [-0.4, -0.2) is 6.03 Å². The highest BCUT2D eigenvalue weighted by atomic mass is 79.9. The van der Waals surface area contributed by atoms with Crippen molar-refractivity contribution in [2.24, 2.45) is 0 Å². The van der Waals surface area contributed by atoms with Gasteiger partial charge < -0.3 is 15.1 Å². The van der Waals surface area contributed by atoms with Crippen molar-refractivity contribution in [3.8, 4) is 0 Å². The van der Waals surface area contributed by atoms with Crippen molar-refractivity contribution < 1.29 is 9.21 Å². The summed E-state index contributed by atoms with van der Waals surface area (Å²) in [6.07, 6.45) is 0. The molecule has 5 heteroatoms. The second kappa shape index (κ2) is 6.80. The van der Waals surface area contributed by atoms with Crippen molar-refractivity contribution in [2.45, 2.75) is 33.4 Å². The summed E-state index contributed by atoms with van der Waals surface area (Å²) < 4.78 is 6.45. The molecule has 1 unspecified atom stereocenters. The number of halogens is 1. The molecule has 0 aliphatic carbocycles. The van der Waals surface area contributed by atoms with E-state index in [4.69, 9.17) is 4.42 Å². The highest BCUT2D eigenvalue weighted by molar-refractivity contribution is 9.10. The molecule has 2 aromatic rings. The van der Waals surface area contributed by atoms with E-state index < -0.39 is 0 Å². The van der Waals surface area contributed by atoms with Crippen LogP contribution in [0.2, 0.25) is 0 Å². The molecule has 0 saturated heterocycles. The van der Waals surface area contributed by atoms with Gasteiger partial charge in [0.05, 0.1) is 6.04 Å². The summed E-state index contributed by atoms with van der Waals surface area (Å²) in [6, 6.07) is 9.59. The number of carbonyl (C=O) groups excluding carboxylic acids is 1. The maximum absolute atomic E-state index is 11.9. The number of carbonyl (C=O) groups is 1. The molecule has 0 bridgehead atoms. The SMILES string of the molecule is Cc1cc(CNC(=O)NC(C)c2ccc(Br)cc2)c(C)o1. The number of rotatable bonds is 4. The van der Waals surface area contributed by atoms with Gasteiger partial charge in [-0.1, -0.05) is 28.1 Å². The van der Waals surface area contributed by atoms with Crippen LogP contribution >= 0.6 is 15.9 Å². The predicted molar refractivity (Wildman–Crippen MR) is 86.1 cm³/mol. The molecule has 0 saturated carbocycles. The van der Waals surface area contributed by atoms with Gasteiger partial charge >= 0.3 is 6.03 Å². The van der Waals surface area contributed by atoms with Crippen LogP contribution in [0.5, 0.6) is 0 Å².